The normalized spacial score (nSPS) is 16.7. The Hall–Kier alpha value is -0.120. The fourth-order valence-corrected chi connectivity index (χ4v) is 1.19. The van der Waals surface area contributed by atoms with E-state index < -0.39 is 5.60 Å². The third-order valence-corrected chi connectivity index (χ3v) is 2.66. The van der Waals surface area contributed by atoms with Gasteiger partial charge in [0.2, 0.25) is 0 Å². The van der Waals surface area contributed by atoms with Gasteiger partial charge in [-0.05, 0) is 25.2 Å². The second-order valence-electron chi connectivity index (χ2n) is 5.09. The predicted octanol–water partition coefficient (Wildman–Crippen LogP) is 1.15. The zero-order valence-electron chi connectivity index (χ0n) is 9.93. The molecule has 3 N–H and O–H groups in total. The van der Waals surface area contributed by atoms with Gasteiger partial charge in [-0.25, -0.2) is 0 Å². The van der Waals surface area contributed by atoms with Crippen LogP contribution in [0.1, 0.15) is 40.5 Å². The summed E-state index contributed by atoms with van der Waals surface area (Å²) in [6, 6.07) is 0. The lowest BCUT2D eigenvalue weighted by atomic mass is 9.89. The molecule has 0 aliphatic heterocycles. The van der Waals surface area contributed by atoms with Crippen molar-refractivity contribution >= 4 is 0 Å². The minimum Gasteiger partial charge on any atom is -0.396 e. The van der Waals surface area contributed by atoms with Crippen molar-refractivity contribution < 1.29 is 10.2 Å². The molecule has 14 heavy (non-hydrogen) atoms. The molecule has 0 fully saturated rings. The quantitative estimate of drug-likeness (QED) is 0.582. The predicted molar refractivity (Wildman–Crippen MR) is 59.3 cm³/mol. The third kappa shape index (κ3) is 6.35. The van der Waals surface area contributed by atoms with Crippen molar-refractivity contribution in [2.24, 2.45) is 5.41 Å². The van der Waals surface area contributed by atoms with Crippen molar-refractivity contribution in [3.8, 4) is 0 Å². The van der Waals surface area contributed by atoms with Gasteiger partial charge in [0, 0.05) is 19.7 Å². The van der Waals surface area contributed by atoms with E-state index in [0.717, 1.165) is 19.4 Å². The van der Waals surface area contributed by atoms with Gasteiger partial charge in [0.25, 0.3) is 0 Å². The minimum atomic E-state index is -0.616. The molecule has 0 saturated heterocycles. The summed E-state index contributed by atoms with van der Waals surface area (Å²) in [5.74, 6) is 0. The van der Waals surface area contributed by atoms with Gasteiger partial charge in [-0.1, -0.05) is 20.8 Å². The highest BCUT2D eigenvalue weighted by Gasteiger charge is 2.20. The van der Waals surface area contributed by atoms with Crippen LogP contribution in [0.5, 0.6) is 0 Å². The largest absolute Gasteiger partial charge is 0.396 e. The molecule has 1 unspecified atom stereocenters. The summed E-state index contributed by atoms with van der Waals surface area (Å²) < 4.78 is 0. The van der Waals surface area contributed by atoms with E-state index in [2.05, 4.69) is 19.2 Å². The molecule has 0 aromatic heterocycles. The molecule has 0 saturated carbocycles. The molecule has 86 valence electrons. The first-order valence-electron chi connectivity index (χ1n) is 5.37. The summed E-state index contributed by atoms with van der Waals surface area (Å²) in [6.07, 6.45) is 1.54. The Morgan fingerprint density at radius 2 is 1.71 bits per heavy atom. The van der Waals surface area contributed by atoms with Crippen LogP contribution >= 0.6 is 0 Å². The molecular weight excluding hydrogens is 178 g/mol. The minimum absolute atomic E-state index is 0.0958. The molecule has 0 aliphatic carbocycles. The van der Waals surface area contributed by atoms with Gasteiger partial charge in [-0.2, -0.15) is 0 Å². The molecule has 0 aliphatic rings. The van der Waals surface area contributed by atoms with Crippen LogP contribution in [0.4, 0.5) is 0 Å². The van der Waals surface area contributed by atoms with Crippen LogP contribution < -0.4 is 5.32 Å². The first-order valence-corrected chi connectivity index (χ1v) is 5.37. The number of rotatable bonds is 7. The fourth-order valence-electron chi connectivity index (χ4n) is 1.19. The second-order valence-corrected chi connectivity index (χ2v) is 5.09. The van der Waals surface area contributed by atoms with Crippen LogP contribution in [0.3, 0.4) is 0 Å². The van der Waals surface area contributed by atoms with Crippen molar-refractivity contribution in [1.29, 1.82) is 0 Å². The Kier molecular flexibility index (Phi) is 5.64. The van der Waals surface area contributed by atoms with Crippen LogP contribution in [0.25, 0.3) is 0 Å². The molecule has 3 heteroatoms. The van der Waals surface area contributed by atoms with Crippen LogP contribution in [0.2, 0.25) is 0 Å². The van der Waals surface area contributed by atoms with Crippen LogP contribution in [0, 0.1) is 5.41 Å². The molecule has 0 aromatic carbocycles. The van der Waals surface area contributed by atoms with E-state index in [1.807, 2.05) is 13.8 Å². The van der Waals surface area contributed by atoms with E-state index in [4.69, 9.17) is 5.11 Å². The van der Waals surface area contributed by atoms with Crippen molar-refractivity contribution in [1.82, 2.24) is 5.32 Å². The Morgan fingerprint density at radius 3 is 2.14 bits per heavy atom. The van der Waals surface area contributed by atoms with Crippen molar-refractivity contribution in [3.05, 3.63) is 0 Å². The molecule has 0 radical (unpaired) electrons. The lowest BCUT2D eigenvalue weighted by Gasteiger charge is -2.27. The maximum absolute atomic E-state index is 9.74. The highest BCUT2D eigenvalue weighted by molar-refractivity contribution is 4.77. The number of nitrogens with one attached hydrogen (secondary N) is 1. The van der Waals surface area contributed by atoms with Crippen molar-refractivity contribution in [2.75, 3.05) is 19.7 Å². The Balaban J connectivity index is 3.73. The maximum Gasteiger partial charge on any atom is 0.0740 e. The zero-order valence-corrected chi connectivity index (χ0v) is 9.93. The average molecular weight is 203 g/mol. The number of hydrogen-bond donors (Lipinski definition) is 3. The fraction of sp³-hybridized carbons (Fsp3) is 1.00. The lowest BCUT2D eigenvalue weighted by Crippen LogP contribution is -2.41. The number of aliphatic hydroxyl groups excluding tert-OH is 1. The molecule has 3 nitrogen and oxygen atoms in total. The van der Waals surface area contributed by atoms with E-state index in [9.17, 15) is 5.11 Å². The van der Waals surface area contributed by atoms with Gasteiger partial charge in [0.05, 0.1) is 5.60 Å². The summed E-state index contributed by atoms with van der Waals surface area (Å²) in [5.41, 5.74) is -0.520. The van der Waals surface area contributed by atoms with E-state index in [1.165, 1.54) is 0 Å². The highest BCUT2D eigenvalue weighted by Crippen LogP contribution is 2.18. The SMILES string of the molecule is CCC(C)(O)CNCC(C)(C)CCO. The Bertz CT molecular complexity index is 155. The van der Waals surface area contributed by atoms with Gasteiger partial charge in [-0.15, -0.1) is 0 Å². The number of aliphatic hydroxyl groups is 2. The Labute approximate surface area is 87.5 Å². The second kappa shape index (κ2) is 5.69. The van der Waals surface area contributed by atoms with E-state index in [-0.39, 0.29) is 12.0 Å². The van der Waals surface area contributed by atoms with Gasteiger partial charge >= 0.3 is 0 Å². The molecule has 0 amide bonds. The molecule has 0 bridgehead atoms. The maximum atomic E-state index is 9.74. The molecule has 0 aromatic rings. The van der Waals surface area contributed by atoms with Gasteiger partial charge in [0.1, 0.15) is 0 Å². The van der Waals surface area contributed by atoms with Crippen molar-refractivity contribution in [3.63, 3.8) is 0 Å². The molecule has 1 atom stereocenters. The first kappa shape index (κ1) is 13.9. The van der Waals surface area contributed by atoms with E-state index in [1.54, 1.807) is 0 Å². The summed E-state index contributed by atoms with van der Waals surface area (Å²) in [7, 11) is 0. The monoisotopic (exact) mass is 203 g/mol. The first-order chi connectivity index (χ1) is 6.33. The zero-order chi connectivity index (χ0) is 11.2. The van der Waals surface area contributed by atoms with Crippen LogP contribution in [-0.4, -0.2) is 35.5 Å². The summed E-state index contributed by atoms with van der Waals surface area (Å²) in [4.78, 5) is 0. The third-order valence-electron chi connectivity index (χ3n) is 2.66. The van der Waals surface area contributed by atoms with Crippen LogP contribution in [0.15, 0.2) is 0 Å². The van der Waals surface area contributed by atoms with Gasteiger partial charge in [-0.3, -0.25) is 0 Å². The molecular formula is C11H25NO2. The van der Waals surface area contributed by atoms with Crippen molar-refractivity contribution in [2.45, 2.75) is 46.1 Å². The van der Waals surface area contributed by atoms with E-state index >= 15 is 0 Å². The smallest absolute Gasteiger partial charge is 0.0740 e. The highest BCUT2D eigenvalue weighted by atomic mass is 16.3. The average Bonchev–Trinajstić information content (AvgIpc) is 2.03. The lowest BCUT2D eigenvalue weighted by molar-refractivity contribution is 0.0526. The summed E-state index contributed by atoms with van der Waals surface area (Å²) in [6.45, 7) is 9.67. The summed E-state index contributed by atoms with van der Waals surface area (Å²) in [5, 5.41) is 21.8. The standard InChI is InChI=1S/C11H25NO2/c1-5-11(4,14)9-12-8-10(2,3)6-7-13/h12-14H,5-9H2,1-4H3. The molecule has 0 spiro atoms. The molecule has 0 rings (SSSR count). The Morgan fingerprint density at radius 1 is 1.14 bits per heavy atom. The van der Waals surface area contributed by atoms with Gasteiger partial charge < -0.3 is 15.5 Å². The topological polar surface area (TPSA) is 52.5 Å². The summed E-state index contributed by atoms with van der Waals surface area (Å²) >= 11 is 0. The van der Waals surface area contributed by atoms with E-state index in [0.29, 0.717) is 6.54 Å². The van der Waals surface area contributed by atoms with Crippen LogP contribution in [-0.2, 0) is 0 Å². The number of hydrogen-bond acceptors (Lipinski definition) is 3. The van der Waals surface area contributed by atoms with Gasteiger partial charge in [0.15, 0.2) is 0 Å². The molecule has 0 heterocycles.